The van der Waals surface area contributed by atoms with Gasteiger partial charge in [-0.15, -0.1) is 0 Å². The summed E-state index contributed by atoms with van der Waals surface area (Å²) >= 11 is 0. The number of hydrogen-bond donors (Lipinski definition) is 1. The number of ether oxygens (including phenoxy) is 1. The molecule has 2 aromatic carbocycles. The zero-order valence-electron chi connectivity index (χ0n) is 15.6. The third-order valence-electron chi connectivity index (χ3n) is 4.97. The number of esters is 1. The van der Waals surface area contributed by atoms with Crippen molar-refractivity contribution in [3.8, 4) is 11.1 Å². The molecule has 0 bridgehead atoms. The smallest absolute Gasteiger partial charge is 0.303 e. The maximum atomic E-state index is 12.1. The van der Waals surface area contributed by atoms with Crippen LogP contribution in [0.15, 0.2) is 48.5 Å². The fourth-order valence-electron chi connectivity index (χ4n) is 3.45. The minimum atomic E-state index is -1.01. The first-order chi connectivity index (χ1) is 12.3. The zero-order chi connectivity index (χ0) is 18.9. The lowest BCUT2D eigenvalue weighted by molar-refractivity contribution is -0.170. The van der Waals surface area contributed by atoms with E-state index in [1.807, 2.05) is 74.4 Å². The van der Waals surface area contributed by atoms with Gasteiger partial charge >= 0.3 is 5.97 Å². The Morgan fingerprint density at radius 1 is 1.15 bits per heavy atom. The average Bonchev–Trinajstić information content (AvgIpc) is 2.59. The third-order valence-corrected chi connectivity index (χ3v) is 4.97. The Morgan fingerprint density at radius 2 is 1.81 bits per heavy atom. The van der Waals surface area contributed by atoms with Crippen molar-refractivity contribution in [1.29, 1.82) is 0 Å². The molecule has 1 aliphatic heterocycles. The van der Waals surface area contributed by atoms with Gasteiger partial charge in [0.2, 0.25) is 5.91 Å². The molecule has 1 fully saturated rings. The van der Waals surface area contributed by atoms with E-state index in [4.69, 9.17) is 4.74 Å². The van der Waals surface area contributed by atoms with Gasteiger partial charge in [0.1, 0.15) is 5.60 Å². The molecule has 26 heavy (non-hydrogen) atoms. The molecule has 2 aromatic rings. The second kappa shape index (κ2) is 6.83. The second-order valence-electron chi connectivity index (χ2n) is 6.99. The number of nitrogens with one attached hydrogen (secondary N) is 1. The maximum Gasteiger partial charge on any atom is 0.303 e. The Bertz CT molecular complexity index is 829. The van der Waals surface area contributed by atoms with Gasteiger partial charge in [0, 0.05) is 38.8 Å². The van der Waals surface area contributed by atoms with Crippen molar-refractivity contribution in [2.75, 3.05) is 25.5 Å². The van der Waals surface area contributed by atoms with Crippen molar-refractivity contribution in [2.45, 2.75) is 19.4 Å². The van der Waals surface area contributed by atoms with Gasteiger partial charge < -0.3 is 15.0 Å². The lowest BCUT2D eigenvalue weighted by atomic mass is 9.75. The Labute approximate surface area is 154 Å². The molecular weight excluding hydrogens is 328 g/mol. The van der Waals surface area contributed by atoms with Crippen molar-refractivity contribution in [2.24, 2.45) is 5.92 Å². The minimum Gasteiger partial charge on any atom is -0.454 e. The van der Waals surface area contributed by atoms with Crippen LogP contribution in [0.3, 0.4) is 0 Å². The molecule has 0 saturated carbocycles. The van der Waals surface area contributed by atoms with Gasteiger partial charge in [-0.3, -0.25) is 9.59 Å². The summed E-state index contributed by atoms with van der Waals surface area (Å²) in [6, 6.07) is 16.0. The SMILES string of the molecule is CC(=O)O[C@](C)(c1ccccc1-c1ccc(N(C)C)cc1)[C@@H]1CNC1=O. The van der Waals surface area contributed by atoms with Crippen LogP contribution in [-0.4, -0.2) is 32.5 Å². The summed E-state index contributed by atoms with van der Waals surface area (Å²) in [4.78, 5) is 25.9. The van der Waals surface area contributed by atoms with Crippen LogP contribution in [0.1, 0.15) is 19.4 Å². The van der Waals surface area contributed by atoms with Crippen LogP contribution in [0.25, 0.3) is 11.1 Å². The van der Waals surface area contributed by atoms with Crippen LogP contribution in [-0.2, 0) is 19.9 Å². The molecule has 0 radical (unpaired) electrons. The van der Waals surface area contributed by atoms with Gasteiger partial charge in [-0.1, -0.05) is 36.4 Å². The third kappa shape index (κ3) is 3.17. The van der Waals surface area contributed by atoms with Crippen LogP contribution in [0.4, 0.5) is 5.69 Å². The van der Waals surface area contributed by atoms with Crippen molar-refractivity contribution in [3.05, 3.63) is 54.1 Å². The Kier molecular flexibility index (Phi) is 4.72. The topological polar surface area (TPSA) is 58.6 Å². The fraction of sp³-hybridized carbons (Fsp3) is 0.333. The summed E-state index contributed by atoms with van der Waals surface area (Å²) in [5, 5.41) is 2.75. The van der Waals surface area contributed by atoms with Crippen LogP contribution in [0.2, 0.25) is 0 Å². The predicted octanol–water partition coefficient (Wildman–Crippen LogP) is 2.94. The van der Waals surface area contributed by atoms with Crippen molar-refractivity contribution in [3.63, 3.8) is 0 Å². The van der Waals surface area contributed by atoms with Crippen LogP contribution < -0.4 is 10.2 Å². The molecule has 0 unspecified atom stereocenters. The molecule has 3 rings (SSSR count). The van der Waals surface area contributed by atoms with Crippen LogP contribution >= 0.6 is 0 Å². The number of β-lactam (4-membered cyclic amide) rings is 1. The quantitative estimate of drug-likeness (QED) is 0.664. The largest absolute Gasteiger partial charge is 0.454 e. The summed E-state index contributed by atoms with van der Waals surface area (Å²) in [6.45, 7) is 3.70. The van der Waals surface area contributed by atoms with E-state index >= 15 is 0 Å². The van der Waals surface area contributed by atoms with Gasteiger partial charge in [-0.2, -0.15) is 0 Å². The van der Waals surface area contributed by atoms with E-state index in [1.165, 1.54) is 6.92 Å². The summed E-state index contributed by atoms with van der Waals surface area (Å²) in [7, 11) is 3.99. The van der Waals surface area contributed by atoms with Gasteiger partial charge in [0.25, 0.3) is 0 Å². The van der Waals surface area contributed by atoms with Crippen molar-refractivity contribution >= 4 is 17.6 Å². The minimum absolute atomic E-state index is 0.0912. The highest BCUT2D eigenvalue weighted by molar-refractivity contribution is 5.87. The van der Waals surface area contributed by atoms with Gasteiger partial charge in [0.05, 0.1) is 5.92 Å². The van der Waals surface area contributed by atoms with E-state index < -0.39 is 17.5 Å². The molecule has 0 spiro atoms. The van der Waals surface area contributed by atoms with E-state index in [1.54, 1.807) is 0 Å². The number of benzene rings is 2. The van der Waals surface area contributed by atoms with Crippen LogP contribution in [0, 0.1) is 5.92 Å². The molecule has 2 atom stereocenters. The lowest BCUT2D eigenvalue weighted by Gasteiger charge is -2.42. The summed E-state index contributed by atoms with van der Waals surface area (Å²) in [6.07, 6.45) is 0. The first-order valence-electron chi connectivity index (χ1n) is 8.67. The highest BCUT2D eigenvalue weighted by Crippen LogP contribution is 2.41. The molecule has 1 saturated heterocycles. The summed E-state index contributed by atoms with van der Waals surface area (Å²) < 4.78 is 5.71. The Balaban J connectivity index is 2.09. The number of rotatable bonds is 5. The van der Waals surface area contributed by atoms with Gasteiger partial charge in [-0.25, -0.2) is 0 Å². The highest BCUT2D eigenvalue weighted by Gasteiger charge is 2.49. The standard InChI is InChI=1S/C21H24N2O3/c1-14(24)26-21(2,19-13-22-20(19)25)18-8-6-5-7-17(18)15-9-11-16(12-10-15)23(3)4/h5-12,19H,13H2,1-4H3,(H,22,25)/t19-,21-/m1/s1. The molecule has 136 valence electrons. The van der Waals surface area contributed by atoms with E-state index in [9.17, 15) is 9.59 Å². The molecule has 1 heterocycles. The molecule has 5 heteroatoms. The van der Waals surface area contributed by atoms with E-state index in [0.717, 1.165) is 22.4 Å². The van der Waals surface area contributed by atoms with Crippen molar-refractivity contribution < 1.29 is 14.3 Å². The number of amides is 1. The number of anilines is 1. The molecule has 0 aliphatic carbocycles. The van der Waals surface area contributed by atoms with E-state index in [2.05, 4.69) is 5.32 Å². The Morgan fingerprint density at radius 3 is 2.31 bits per heavy atom. The number of carbonyl (C=O) groups excluding carboxylic acids is 2. The van der Waals surface area contributed by atoms with Crippen LogP contribution in [0.5, 0.6) is 0 Å². The molecule has 5 nitrogen and oxygen atoms in total. The molecular formula is C21H24N2O3. The monoisotopic (exact) mass is 352 g/mol. The Hall–Kier alpha value is -2.82. The summed E-state index contributed by atoms with van der Waals surface area (Å²) in [5.74, 6) is -0.884. The average molecular weight is 352 g/mol. The van der Waals surface area contributed by atoms with Gasteiger partial charge in [0.15, 0.2) is 0 Å². The number of hydrogen-bond acceptors (Lipinski definition) is 4. The molecule has 1 N–H and O–H groups in total. The number of nitrogens with zero attached hydrogens (tertiary/aromatic N) is 1. The van der Waals surface area contributed by atoms with Gasteiger partial charge in [-0.05, 0) is 30.2 Å². The highest BCUT2D eigenvalue weighted by atomic mass is 16.6. The van der Waals surface area contributed by atoms with E-state index in [0.29, 0.717) is 6.54 Å². The molecule has 0 aromatic heterocycles. The normalized spacial score (nSPS) is 18.3. The lowest BCUT2D eigenvalue weighted by Crippen LogP contribution is -2.59. The first-order valence-corrected chi connectivity index (χ1v) is 8.67. The zero-order valence-corrected chi connectivity index (χ0v) is 15.6. The predicted molar refractivity (Wildman–Crippen MR) is 102 cm³/mol. The van der Waals surface area contributed by atoms with E-state index in [-0.39, 0.29) is 5.91 Å². The molecule has 1 amide bonds. The van der Waals surface area contributed by atoms with Crippen molar-refractivity contribution in [1.82, 2.24) is 5.32 Å². The second-order valence-corrected chi connectivity index (χ2v) is 6.99. The fourth-order valence-corrected chi connectivity index (χ4v) is 3.45. The first kappa shape index (κ1) is 18.0. The maximum absolute atomic E-state index is 12.1. The summed E-state index contributed by atoms with van der Waals surface area (Å²) in [5.41, 5.74) is 2.91. The molecule has 1 aliphatic rings. The number of carbonyl (C=O) groups is 2.